The molecular weight excluding hydrogens is 364 g/mol. The summed E-state index contributed by atoms with van der Waals surface area (Å²) in [6.45, 7) is 2.91. The molecule has 0 aromatic heterocycles. The van der Waals surface area contributed by atoms with E-state index in [0.29, 0.717) is 31.3 Å². The molecule has 1 atom stereocenters. The lowest BCUT2D eigenvalue weighted by molar-refractivity contribution is -0.122. The molecule has 5 nitrogen and oxygen atoms in total. The number of amides is 1. The number of fused-ring (bicyclic) bond motifs is 1. The summed E-state index contributed by atoms with van der Waals surface area (Å²) in [5.41, 5.74) is 2.10. The van der Waals surface area contributed by atoms with Gasteiger partial charge in [-0.05, 0) is 48.7 Å². The van der Waals surface area contributed by atoms with Crippen LogP contribution in [0.2, 0.25) is 5.02 Å². The first kappa shape index (κ1) is 18.1. The second-order valence-corrected chi connectivity index (χ2v) is 7.31. The van der Waals surface area contributed by atoms with Crippen molar-refractivity contribution < 1.29 is 14.3 Å². The lowest BCUT2D eigenvalue weighted by Crippen LogP contribution is -2.36. The second kappa shape index (κ2) is 8.19. The largest absolute Gasteiger partial charge is 0.486 e. The van der Waals surface area contributed by atoms with Gasteiger partial charge in [-0.2, -0.15) is 0 Å². The van der Waals surface area contributed by atoms with Crippen LogP contribution in [-0.2, 0) is 11.3 Å². The number of nitrogens with zero attached hydrogens (tertiary/aromatic N) is 1. The lowest BCUT2D eigenvalue weighted by atomic mass is 10.0. The van der Waals surface area contributed by atoms with Gasteiger partial charge < -0.3 is 14.8 Å². The zero-order valence-corrected chi connectivity index (χ0v) is 15.9. The summed E-state index contributed by atoms with van der Waals surface area (Å²) in [6.07, 6.45) is 2.12. The molecular formula is C21H23ClN2O3. The molecule has 2 aromatic rings. The van der Waals surface area contributed by atoms with Crippen LogP contribution in [0.4, 0.5) is 0 Å². The number of hydrogen-bond donors (Lipinski definition) is 1. The van der Waals surface area contributed by atoms with Gasteiger partial charge in [-0.3, -0.25) is 9.69 Å². The Morgan fingerprint density at radius 3 is 2.81 bits per heavy atom. The number of hydrogen-bond acceptors (Lipinski definition) is 4. The summed E-state index contributed by atoms with van der Waals surface area (Å²) < 4.78 is 11.3. The fourth-order valence-corrected chi connectivity index (χ4v) is 3.94. The molecule has 142 valence electrons. The van der Waals surface area contributed by atoms with Crippen LogP contribution >= 0.6 is 11.6 Å². The van der Waals surface area contributed by atoms with E-state index < -0.39 is 0 Å². The molecule has 1 N–H and O–H groups in total. The van der Waals surface area contributed by atoms with Gasteiger partial charge in [-0.25, -0.2) is 0 Å². The Morgan fingerprint density at radius 1 is 1.15 bits per heavy atom. The van der Waals surface area contributed by atoms with Crippen molar-refractivity contribution in [2.45, 2.75) is 25.4 Å². The van der Waals surface area contributed by atoms with Gasteiger partial charge in [0, 0.05) is 17.6 Å². The summed E-state index contributed by atoms with van der Waals surface area (Å²) in [5, 5.41) is 3.65. The van der Waals surface area contributed by atoms with Crippen molar-refractivity contribution in [2.24, 2.45) is 0 Å². The Bertz CT molecular complexity index is 827. The Balaban J connectivity index is 1.38. The summed E-state index contributed by atoms with van der Waals surface area (Å²) in [7, 11) is 0. The van der Waals surface area contributed by atoms with Crippen LogP contribution < -0.4 is 14.8 Å². The molecule has 2 heterocycles. The molecule has 6 heteroatoms. The molecule has 0 bridgehead atoms. The van der Waals surface area contributed by atoms with Gasteiger partial charge in [0.25, 0.3) is 0 Å². The first-order valence-electron chi connectivity index (χ1n) is 9.34. The fraction of sp³-hybridized carbons (Fsp3) is 0.381. The van der Waals surface area contributed by atoms with Crippen LogP contribution in [0, 0.1) is 0 Å². The molecule has 1 saturated heterocycles. The van der Waals surface area contributed by atoms with E-state index in [2.05, 4.69) is 22.3 Å². The standard InChI is InChI=1S/C21H23ClN2O3/c22-17-5-2-1-4-16(17)13-23-21(25)14-24-9-3-6-18(24)15-7-8-19-20(12-15)27-11-10-26-19/h1-2,4-5,7-8,12,18H,3,6,9-11,13-14H2,(H,23,25)/t18-/m1/s1. The lowest BCUT2D eigenvalue weighted by Gasteiger charge is -2.26. The molecule has 0 saturated carbocycles. The first-order valence-corrected chi connectivity index (χ1v) is 9.72. The predicted molar refractivity (Wildman–Crippen MR) is 104 cm³/mol. The van der Waals surface area contributed by atoms with Crippen LogP contribution in [0.5, 0.6) is 11.5 Å². The number of halogens is 1. The molecule has 0 unspecified atom stereocenters. The first-order chi connectivity index (χ1) is 13.2. The number of ether oxygens (including phenoxy) is 2. The summed E-state index contributed by atoms with van der Waals surface area (Å²) >= 11 is 6.16. The maximum atomic E-state index is 12.5. The summed E-state index contributed by atoms with van der Waals surface area (Å²) in [5.74, 6) is 1.61. The van der Waals surface area contributed by atoms with Gasteiger partial charge in [0.1, 0.15) is 13.2 Å². The van der Waals surface area contributed by atoms with Crippen molar-refractivity contribution in [3.8, 4) is 11.5 Å². The third-order valence-corrected chi connectivity index (χ3v) is 5.46. The van der Waals surface area contributed by atoms with Crippen LogP contribution in [0.15, 0.2) is 42.5 Å². The minimum absolute atomic E-state index is 0.0133. The van der Waals surface area contributed by atoms with Crippen LogP contribution in [0.25, 0.3) is 0 Å². The van der Waals surface area contributed by atoms with Crippen molar-refractivity contribution >= 4 is 17.5 Å². The molecule has 2 aromatic carbocycles. The van der Waals surface area contributed by atoms with Crippen molar-refractivity contribution in [2.75, 3.05) is 26.3 Å². The predicted octanol–water partition coefficient (Wildman–Crippen LogP) is 3.56. The highest BCUT2D eigenvalue weighted by atomic mass is 35.5. The smallest absolute Gasteiger partial charge is 0.234 e. The Kier molecular flexibility index (Phi) is 5.50. The molecule has 2 aliphatic heterocycles. The quantitative estimate of drug-likeness (QED) is 0.853. The van der Waals surface area contributed by atoms with Crippen LogP contribution in [0.3, 0.4) is 0 Å². The topological polar surface area (TPSA) is 50.8 Å². The van der Waals surface area contributed by atoms with E-state index >= 15 is 0 Å². The highest BCUT2D eigenvalue weighted by molar-refractivity contribution is 6.31. The molecule has 4 rings (SSSR count). The van der Waals surface area contributed by atoms with E-state index in [0.717, 1.165) is 36.4 Å². The van der Waals surface area contributed by atoms with E-state index in [1.54, 1.807) is 0 Å². The maximum absolute atomic E-state index is 12.5. The number of benzene rings is 2. The van der Waals surface area contributed by atoms with Crippen LogP contribution in [-0.4, -0.2) is 37.1 Å². The highest BCUT2D eigenvalue weighted by Gasteiger charge is 2.28. The SMILES string of the molecule is O=C(CN1CCC[C@@H]1c1ccc2c(c1)OCCO2)NCc1ccccc1Cl. The monoisotopic (exact) mass is 386 g/mol. The van der Waals surface area contributed by atoms with Crippen molar-refractivity contribution in [1.82, 2.24) is 10.2 Å². The average Bonchev–Trinajstić information content (AvgIpc) is 3.15. The Morgan fingerprint density at radius 2 is 1.96 bits per heavy atom. The normalized spacial score (nSPS) is 19.1. The van der Waals surface area contributed by atoms with E-state index in [9.17, 15) is 4.79 Å². The van der Waals surface area contributed by atoms with Gasteiger partial charge in [-0.15, -0.1) is 0 Å². The van der Waals surface area contributed by atoms with Gasteiger partial charge in [-0.1, -0.05) is 35.9 Å². The maximum Gasteiger partial charge on any atom is 0.234 e. The highest BCUT2D eigenvalue weighted by Crippen LogP contribution is 2.37. The third-order valence-electron chi connectivity index (χ3n) is 5.10. The van der Waals surface area contributed by atoms with Gasteiger partial charge in [0.15, 0.2) is 11.5 Å². The zero-order chi connectivity index (χ0) is 18.6. The molecule has 0 aliphatic carbocycles. The number of carbonyl (C=O) groups is 1. The van der Waals surface area contributed by atoms with Gasteiger partial charge in [0.05, 0.1) is 6.54 Å². The fourth-order valence-electron chi connectivity index (χ4n) is 3.74. The molecule has 0 spiro atoms. The molecule has 2 aliphatic rings. The van der Waals surface area contributed by atoms with Gasteiger partial charge in [0.2, 0.25) is 5.91 Å². The van der Waals surface area contributed by atoms with Gasteiger partial charge >= 0.3 is 0 Å². The van der Waals surface area contributed by atoms with E-state index in [4.69, 9.17) is 21.1 Å². The molecule has 27 heavy (non-hydrogen) atoms. The van der Waals surface area contributed by atoms with E-state index in [1.165, 1.54) is 5.56 Å². The summed E-state index contributed by atoms with van der Waals surface area (Å²) in [6, 6.07) is 13.9. The van der Waals surface area contributed by atoms with Crippen LogP contribution in [0.1, 0.15) is 30.0 Å². The molecule has 0 radical (unpaired) electrons. The molecule has 1 fully saturated rings. The Hall–Kier alpha value is -2.24. The minimum atomic E-state index is 0.0133. The zero-order valence-electron chi connectivity index (χ0n) is 15.1. The van der Waals surface area contributed by atoms with E-state index in [1.807, 2.05) is 30.3 Å². The van der Waals surface area contributed by atoms with Crippen molar-refractivity contribution in [3.63, 3.8) is 0 Å². The molecule has 1 amide bonds. The second-order valence-electron chi connectivity index (χ2n) is 6.90. The Labute approximate surface area is 164 Å². The van der Waals surface area contributed by atoms with Crippen molar-refractivity contribution in [3.05, 3.63) is 58.6 Å². The number of carbonyl (C=O) groups excluding carboxylic acids is 1. The third kappa shape index (κ3) is 4.20. The minimum Gasteiger partial charge on any atom is -0.486 e. The summed E-state index contributed by atoms with van der Waals surface area (Å²) in [4.78, 5) is 14.7. The number of rotatable bonds is 5. The number of likely N-dealkylation sites (tertiary alicyclic amines) is 1. The average molecular weight is 387 g/mol. The van der Waals surface area contributed by atoms with E-state index in [-0.39, 0.29) is 11.9 Å². The van der Waals surface area contributed by atoms with Crippen molar-refractivity contribution in [1.29, 1.82) is 0 Å². The number of nitrogens with one attached hydrogen (secondary N) is 1.